The first-order valence-corrected chi connectivity index (χ1v) is 9.44. The number of aryl methyl sites for hydroxylation is 2. The van der Waals surface area contributed by atoms with Crippen LogP contribution in [0.1, 0.15) is 53.9 Å². The molecule has 1 N–H and O–H groups in total. The topological polar surface area (TPSA) is 73.2 Å². The molecule has 0 unspecified atom stereocenters. The number of hydrogen-bond donors (Lipinski definition) is 1. The number of carbonyl (C=O) groups excluding carboxylic acids is 2. The number of ether oxygens (including phenoxy) is 1. The van der Waals surface area contributed by atoms with Crippen LogP contribution < -0.4 is 5.32 Å². The van der Waals surface area contributed by atoms with Crippen LogP contribution in [0.3, 0.4) is 0 Å². The summed E-state index contributed by atoms with van der Waals surface area (Å²) in [7, 11) is 0. The van der Waals surface area contributed by atoms with Crippen LogP contribution in [-0.2, 0) is 16.1 Å². The third-order valence-corrected chi connectivity index (χ3v) is 4.57. The molecule has 0 saturated heterocycles. The molecule has 0 aliphatic heterocycles. The standard InChI is InChI=1S/C20H26ClN3O3/c1-5-6-14(3)22-17(25)12-27-20(26)18-15(4)23-24(19(18)21)11-16-9-7-13(2)8-10-16/h7-10,14H,5-6,11-12H2,1-4H3,(H,22,25)/t14-/m1/s1. The summed E-state index contributed by atoms with van der Waals surface area (Å²) in [5.74, 6) is -0.976. The van der Waals surface area contributed by atoms with Crippen LogP contribution in [0.2, 0.25) is 5.15 Å². The zero-order valence-corrected chi connectivity index (χ0v) is 17.0. The number of rotatable bonds is 8. The highest BCUT2D eigenvalue weighted by molar-refractivity contribution is 6.32. The molecule has 0 aliphatic rings. The van der Waals surface area contributed by atoms with E-state index in [1.54, 1.807) is 11.6 Å². The van der Waals surface area contributed by atoms with Crippen LogP contribution in [0.4, 0.5) is 0 Å². The minimum absolute atomic E-state index is 0.0452. The minimum atomic E-state index is -0.647. The second kappa shape index (κ2) is 9.55. The molecule has 2 aromatic rings. The van der Waals surface area contributed by atoms with E-state index in [1.807, 2.05) is 45.0 Å². The van der Waals surface area contributed by atoms with E-state index in [9.17, 15) is 9.59 Å². The molecule has 0 spiro atoms. The molecule has 1 atom stereocenters. The molecule has 2 rings (SSSR count). The monoisotopic (exact) mass is 391 g/mol. The number of aromatic nitrogens is 2. The van der Waals surface area contributed by atoms with Gasteiger partial charge in [0.05, 0.1) is 12.2 Å². The Bertz CT molecular complexity index is 800. The van der Waals surface area contributed by atoms with Gasteiger partial charge in [0, 0.05) is 6.04 Å². The first-order valence-electron chi connectivity index (χ1n) is 9.06. The van der Waals surface area contributed by atoms with Crippen molar-refractivity contribution in [2.75, 3.05) is 6.61 Å². The molecule has 146 valence electrons. The first-order chi connectivity index (χ1) is 12.8. The minimum Gasteiger partial charge on any atom is -0.452 e. The fraction of sp³-hybridized carbons (Fsp3) is 0.450. The maximum absolute atomic E-state index is 12.4. The highest BCUT2D eigenvalue weighted by Crippen LogP contribution is 2.22. The lowest BCUT2D eigenvalue weighted by molar-refractivity contribution is -0.124. The average Bonchev–Trinajstić information content (AvgIpc) is 2.88. The van der Waals surface area contributed by atoms with Crippen LogP contribution in [0.25, 0.3) is 0 Å². The predicted octanol–water partition coefficient (Wildman–Crippen LogP) is 3.66. The van der Waals surface area contributed by atoms with Gasteiger partial charge in [0.2, 0.25) is 0 Å². The van der Waals surface area contributed by atoms with Crippen molar-refractivity contribution in [2.45, 2.75) is 53.1 Å². The van der Waals surface area contributed by atoms with Gasteiger partial charge in [-0.05, 0) is 32.8 Å². The SMILES string of the molecule is CCC[C@@H](C)NC(=O)COC(=O)c1c(C)nn(Cc2ccc(C)cc2)c1Cl. The Hall–Kier alpha value is -2.34. The predicted molar refractivity (Wildman–Crippen MR) is 105 cm³/mol. The van der Waals surface area contributed by atoms with E-state index in [0.29, 0.717) is 12.2 Å². The Balaban J connectivity index is 2.01. The molecule has 27 heavy (non-hydrogen) atoms. The van der Waals surface area contributed by atoms with Gasteiger partial charge in [-0.3, -0.25) is 4.79 Å². The maximum Gasteiger partial charge on any atom is 0.343 e. The van der Waals surface area contributed by atoms with E-state index in [4.69, 9.17) is 16.3 Å². The Labute approximate surface area is 164 Å². The van der Waals surface area contributed by atoms with Crippen molar-refractivity contribution in [1.29, 1.82) is 0 Å². The second-order valence-electron chi connectivity index (χ2n) is 6.73. The molecule has 0 aliphatic carbocycles. The zero-order chi connectivity index (χ0) is 20.0. The molecule has 1 heterocycles. The number of amides is 1. The second-order valence-corrected chi connectivity index (χ2v) is 7.09. The van der Waals surface area contributed by atoms with Crippen molar-refractivity contribution in [3.05, 3.63) is 51.8 Å². The van der Waals surface area contributed by atoms with Gasteiger partial charge in [-0.1, -0.05) is 54.8 Å². The molecular weight excluding hydrogens is 366 g/mol. The van der Waals surface area contributed by atoms with Gasteiger partial charge in [-0.25, -0.2) is 9.48 Å². The summed E-state index contributed by atoms with van der Waals surface area (Å²) >= 11 is 6.35. The van der Waals surface area contributed by atoms with Crippen LogP contribution in [0, 0.1) is 13.8 Å². The van der Waals surface area contributed by atoms with E-state index >= 15 is 0 Å². The molecule has 0 bridgehead atoms. The van der Waals surface area contributed by atoms with Gasteiger partial charge < -0.3 is 10.1 Å². The Morgan fingerprint density at radius 3 is 2.56 bits per heavy atom. The molecule has 0 fully saturated rings. The normalized spacial score (nSPS) is 11.9. The summed E-state index contributed by atoms with van der Waals surface area (Å²) in [6.07, 6.45) is 1.84. The largest absolute Gasteiger partial charge is 0.452 e. The van der Waals surface area contributed by atoms with Crippen molar-refractivity contribution in [3.8, 4) is 0 Å². The molecule has 1 amide bonds. The molecule has 0 saturated carbocycles. The lowest BCUT2D eigenvalue weighted by Gasteiger charge is -2.12. The Morgan fingerprint density at radius 2 is 1.93 bits per heavy atom. The van der Waals surface area contributed by atoms with E-state index in [1.165, 1.54) is 0 Å². The summed E-state index contributed by atoms with van der Waals surface area (Å²) in [5, 5.41) is 7.33. The quantitative estimate of drug-likeness (QED) is 0.697. The first kappa shape index (κ1) is 21.0. The number of carbonyl (C=O) groups is 2. The van der Waals surface area contributed by atoms with Crippen LogP contribution in [-0.4, -0.2) is 34.3 Å². The van der Waals surface area contributed by atoms with E-state index in [-0.39, 0.29) is 29.3 Å². The number of nitrogens with one attached hydrogen (secondary N) is 1. The van der Waals surface area contributed by atoms with Crippen molar-refractivity contribution >= 4 is 23.5 Å². The van der Waals surface area contributed by atoms with Gasteiger partial charge in [0.1, 0.15) is 10.7 Å². The van der Waals surface area contributed by atoms with Gasteiger partial charge >= 0.3 is 5.97 Å². The molecular formula is C20H26ClN3O3. The molecule has 0 radical (unpaired) electrons. The lowest BCUT2D eigenvalue weighted by Crippen LogP contribution is -2.35. The van der Waals surface area contributed by atoms with Gasteiger partial charge in [0.15, 0.2) is 6.61 Å². The van der Waals surface area contributed by atoms with Crippen LogP contribution in [0.15, 0.2) is 24.3 Å². The van der Waals surface area contributed by atoms with Gasteiger partial charge in [-0.2, -0.15) is 5.10 Å². The third kappa shape index (κ3) is 5.82. The molecule has 6 nitrogen and oxygen atoms in total. The average molecular weight is 392 g/mol. The van der Waals surface area contributed by atoms with Gasteiger partial charge in [0.25, 0.3) is 5.91 Å². The molecule has 1 aromatic carbocycles. The third-order valence-electron chi connectivity index (χ3n) is 4.19. The number of esters is 1. The molecule has 1 aromatic heterocycles. The maximum atomic E-state index is 12.4. The smallest absolute Gasteiger partial charge is 0.343 e. The van der Waals surface area contributed by atoms with Crippen LogP contribution in [0.5, 0.6) is 0 Å². The number of hydrogen-bond acceptors (Lipinski definition) is 4. The Morgan fingerprint density at radius 1 is 1.26 bits per heavy atom. The van der Waals surface area contributed by atoms with E-state index in [0.717, 1.165) is 24.0 Å². The number of nitrogens with zero attached hydrogens (tertiary/aromatic N) is 2. The van der Waals surface area contributed by atoms with Crippen molar-refractivity contribution in [3.63, 3.8) is 0 Å². The highest BCUT2D eigenvalue weighted by atomic mass is 35.5. The van der Waals surface area contributed by atoms with E-state index in [2.05, 4.69) is 10.4 Å². The fourth-order valence-corrected chi connectivity index (χ4v) is 3.09. The summed E-state index contributed by atoms with van der Waals surface area (Å²) in [4.78, 5) is 24.2. The Kier molecular flexibility index (Phi) is 7.42. The summed E-state index contributed by atoms with van der Waals surface area (Å²) in [5.41, 5.74) is 2.85. The highest BCUT2D eigenvalue weighted by Gasteiger charge is 2.22. The summed E-state index contributed by atoms with van der Waals surface area (Å²) in [6.45, 7) is 7.77. The number of benzene rings is 1. The van der Waals surface area contributed by atoms with Crippen LogP contribution >= 0.6 is 11.6 Å². The van der Waals surface area contributed by atoms with Gasteiger partial charge in [-0.15, -0.1) is 0 Å². The fourth-order valence-electron chi connectivity index (χ4n) is 2.78. The summed E-state index contributed by atoms with van der Waals surface area (Å²) in [6, 6.07) is 8.04. The zero-order valence-electron chi connectivity index (χ0n) is 16.2. The lowest BCUT2D eigenvalue weighted by atomic mass is 10.1. The van der Waals surface area contributed by atoms with Crippen molar-refractivity contribution < 1.29 is 14.3 Å². The van der Waals surface area contributed by atoms with Crippen molar-refractivity contribution in [1.82, 2.24) is 15.1 Å². The van der Waals surface area contributed by atoms with Crippen molar-refractivity contribution in [2.24, 2.45) is 0 Å². The molecule has 7 heteroatoms. The van der Waals surface area contributed by atoms with E-state index < -0.39 is 5.97 Å². The summed E-state index contributed by atoms with van der Waals surface area (Å²) < 4.78 is 6.68. The number of halogens is 1.